The molecule has 0 atom stereocenters. The monoisotopic (exact) mass is 247 g/mol. The molecule has 1 aromatic carbocycles. The van der Waals surface area contributed by atoms with Crippen molar-refractivity contribution in [3.63, 3.8) is 0 Å². The zero-order valence-electron chi connectivity index (χ0n) is 8.48. The topological polar surface area (TPSA) is 61.6 Å². The van der Waals surface area contributed by atoms with Gasteiger partial charge in [-0.2, -0.15) is 5.26 Å². The molecule has 4 nitrogen and oxygen atoms in total. The van der Waals surface area contributed by atoms with Crippen LogP contribution in [0.4, 0.5) is 4.39 Å². The molecule has 1 heterocycles. The van der Waals surface area contributed by atoms with Gasteiger partial charge in [-0.1, -0.05) is 0 Å². The van der Waals surface area contributed by atoms with E-state index in [0.717, 1.165) is 6.07 Å². The highest BCUT2D eigenvalue weighted by Crippen LogP contribution is 2.14. The van der Waals surface area contributed by atoms with Gasteiger partial charge in [-0.25, -0.2) is 4.39 Å². The van der Waals surface area contributed by atoms with Crippen LogP contribution in [-0.2, 0) is 0 Å². The summed E-state index contributed by atoms with van der Waals surface area (Å²) in [7, 11) is 0. The fourth-order valence-electron chi connectivity index (χ4n) is 1.38. The molecule has 17 heavy (non-hydrogen) atoms. The maximum atomic E-state index is 13.7. The van der Waals surface area contributed by atoms with Gasteiger partial charge < -0.3 is 0 Å². The van der Waals surface area contributed by atoms with Gasteiger partial charge in [0.2, 0.25) is 0 Å². The SMILES string of the molecule is N#Cc1ccc(-n2ccc(=O)[nH]c2=S)c(F)c1. The molecule has 6 heteroatoms. The van der Waals surface area contributed by atoms with Gasteiger partial charge in [0.15, 0.2) is 4.77 Å². The Bertz CT molecular complexity index is 726. The van der Waals surface area contributed by atoms with Crippen LogP contribution in [-0.4, -0.2) is 9.55 Å². The third-order valence-corrected chi connectivity index (χ3v) is 2.46. The second-order valence-corrected chi connectivity index (χ2v) is 3.64. The van der Waals surface area contributed by atoms with Crippen molar-refractivity contribution in [1.82, 2.24) is 9.55 Å². The lowest BCUT2D eigenvalue weighted by atomic mass is 10.2. The van der Waals surface area contributed by atoms with E-state index in [-0.39, 0.29) is 21.6 Å². The summed E-state index contributed by atoms with van der Waals surface area (Å²) in [5, 5.41) is 8.62. The lowest BCUT2D eigenvalue weighted by molar-refractivity contribution is 0.615. The van der Waals surface area contributed by atoms with Gasteiger partial charge in [0.25, 0.3) is 5.56 Å². The van der Waals surface area contributed by atoms with Gasteiger partial charge in [0.1, 0.15) is 5.82 Å². The Balaban J connectivity index is 2.66. The van der Waals surface area contributed by atoms with Crippen molar-refractivity contribution in [2.45, 2.75) is 0 Å². The second kappa shape index (κ2) is 4.31. The van der Waals surface area contributed by atoms with Crippen molar-refractivity contribution in [2.24, 2.45) is 0 Å². The predicted molar refractivity (Wildman–Crippen MR) is 61.9 cm³/mol. The molecule has 2 aromatic rings. The number of hydrogen-bond acceptors (Lipinski definition) is 3. The summed E-state index contributed by atoms with van der Waals surface area (Å²) >= 11 is 4.92. The van der Waals surface area contributed by atoms with Crippen molar-refractivity contribution in [2.75, 3.05) is 0 Å². The molecule has 1 aromatic heterocycles. The molecule has 0 aliphatic rings. The number of benzene rings is 1. The number of nitrogens with one attached hydrogen (secondary N) is 1. The third kappa shape index (κ3) is 2.14. The number of rotatable bonds is 1. The molecule has 0 unspecified atom stereocenters. The van der Waals surface area contributed by atoms with Crippen LogP contribution in [0.2, 0.25) is 0 Å². The van der Waals surface area contributed by atoms with Crippen LogP contribution in [0.25, 0.3) is 5.69 Å². The second-order valence-electron chi connectivity index (χ2n) is 3.26. The largest absolute Gasteiger partial charge is 0.299 e. The van der Waals surface area contributed by atoms with E-state index in [4.69, 9.17) is 17.5 Å². The maximum absolute atomic E-state index is 13.7. The molecular weight excluding hydrogens is 241 g/mol. The molecular formula is C11H6FN3OS. The average molecular weight is 247 g/mol. The summed E-state index contributed by atoms with van der Waals surface area (Å²) < 4.78 is 15.1. The Morgan fingerprint density at radius 2 is 2.18 bits per heavy atom. The van der Waals surface area contributed by atoms with Gasteiger partial charge in [0.05, 0.1) is 17.3 Å². The minimum absolute atomic E-state index is 0.0982. The Kier molecular flexibility index (Phi) is 2.85. The lowest BCUT2D eigenvalue weighted by Crippen LogP contribution is -2.10. The average Bonchev–Trinajstić information content (AvgIpc) is 2.30. The van der Waals surface area contributed by atoms with E-state index in [1.807, 2.05) is 6.07 Å². The van der Waals surface area contributed by atoms with Crippen LogP contribution >= 0.6 is 12.2 Å². The Hall–Kier alpha value is -2.26. The lowest BCUT2D eigenvalue weighted by Gasteiger charge is -2.07. The highest BCUT2D eigenvalue weighted by molar-refractivity contribution is 7.71. The van der Waals surface area contributed by atoms with E-state index in [1.165, 1.54) is 29.0 Å². The van der Waals surface area contributed by atoms with E-state index in [9.17, 15) is 9.18 Å². The van der Waals surface area contributed by atoms with Crippen LogP contribution in [0, 0.1) is 21.9 Å². The molecule has 0 saturated carbocycles. The molecule has 0 aliphatic heterocycles. The summed E-state index contributed by atoms with van der Waals surface area (Å²) in [5.74, 6) is -0.577. The summed E-state index contributed by atoms with van der Waals surface area (Å²) in [6.45, 7) is 0. The molecule has 0 radical (unpaired) electrons. The minimum atomic E-state index is -0.577. The van der Waals surface area contributed by atoms with Crippen LogP contribution in [0.1, 0.15) is 5.56 Å². The van der Waals surface area contributed by atoms with Crippen LogP contribution < -0.4 is 5.56 Å². The Labute approximate surface area is 101 Å². The molecule has 0 aliphatic carbocycles. The Morgan fingerprint density at radius 1 is 1.41 bits per heavy atom. The summed E-state index contributed by atoms with van der Waals surface area (Å²) in [6.07, 6.45) is 1.38. The van der Waals surface area contributed by atoms with Gasteiger partial charge >= 0.3 is 0 Å². The van der Waals surface area contributed by atoms with Gasteiger partial charge in [-0.15, -0.1) is 0 Å². The first-order valence-corrected chi connectivity index (χ1v) is 5.04. The molecule has 0 bridgehead atoms. The summed E-state index contributed by atoms with van der Waals surface area (Å²) in [5.41, 5.74) is 0.0627. The molecule has 0 spiro atoms. The third-order valence-electron chi connectivity index (χ3n) is 2.16. The first kappa shape index (κ1) is 11.2. The number of hydrogen-bond donors (Lipinski definition) is 1. The van der Waals surface area contributed by atoms with E-state index < -0.39 is 5.82 Å². The minimum Gasteiger partial charge on any atom is -0.299 e. The summed E-state index contributed by atoms with van der Waals surface area (Å²) in [6, 6.07) is 7.10. The zero-order valence-corrected chi connectivity index (χ0v) is 9.29. The number of aromatic nitrogens is 2. The zero-order chi connectivity index (χ0) is 12.4. The number of halogens is 1. The normalized spacial score (nSPS) is 9.88. The maximum Gasteiger partial charge on any atom is 0.251 e. The molecule has 84 valence electrons. The Morgan fingerprint density at radius 3 is 2.76 bits per heavy atom. The predicted octanol–water partition coefficient (Wildman–Crippen LogP) is 1.91. The first-order chi connectivity index (χ1) is 8.11. The van der Waals surface area contributed by atoms with Crippen molar-refractivity contribution >= 4 is 12.2 Å². The van der Waals surface area contributed by atoms with E-state index in [1.54, 1.807) is 0 Å². The van der Waals surface area contributed by atoms with Gasteiger partial charge in [-0.3, -0.25) is 14.3 Å². The van der Waals surface area contributed by atoms with Crippen molar-refractivity contribution in [3.05, 3.63) is 57.0 Å². The van der Waals surface area contributed by atoms with Crippen molar-refractivity contribution in [1.29, 1.82) is 5.26 Å². The van der Waals surface area contributed by atoms with Crippen LogP contribution in [0.15, 0.2) is 35.3 Å². The standard InChI is InChI=1S/C11H6FN3OS/c12-8-5-7(6-13)1-2-9(8)15-4-3-10(16)14-11(15)17/h1-5H,(H,14,16,17). The molecule has 1 N–H and O–H groups in total. The quantitative estimate of drug-likeness (QED) is 0.783. The van der Waals surface area contributed by atoms with Crippen molar-refractivity contribution < 1.29 is 4.39 Å². The summed E-state index contributed by atoms with van der Waals surface area (Å²) in [4.78, 5) is 13.4. The number of nitrogens with zero attached hydrogens (tertiary/aromatic N) is 2. The van der Waals surface area contributed by atoms with E-state index in [2.05, 4.69) is 4.98 Å². The fraction of sp³-hybridized carbons (Fsp3) is 0. The number of nitriles is 1. The first-order valence-electron chi connectivity index (χ1n) is 4.64. The highest BCUT2D eigenvalue weighted by Gasteiger charge is 2.05. The van der Waals surface area contributed by atoms with Crippen LogP contribution in [0.5, 0.6) is 0 Å². The number of H-pyrrole nitrogens is 1. The van der Waals surface area contributed by atoms with Gasteiger partial charge in [-0.05, 0) is 30.4 Å². The number of aromatic amines is 1. The van der Waals surface area contributed by atoms with Gasteiger partial charge in [0, 0.05) is 12.3 Å². The van der Waals surface area contributed by atoms with E-state index >= 15 is 0 Å². The smallest absolute Gasteiger partial charge is 0.251 e. The molecule has 0 amide bonds. The van der Waals surface area contributed by atoms with E-state index in [0.29, 0.717) is 0 Å². The fourth-order valence-corrected chi connectivity index (χ4v) is 1.64. The molecule has 0 saturated heterocycles. The van der Waals surface area contributed by atoms with Crippen molar-refractivity contribution in [3.8, 4) is 11.8 Å². The molecule has 2 rings (SSSR count). The highest BCUT2D eigenvalue weighted by atomic mass is 32.1. The molecule has 0 fully saturated rings. The van der Waals surface area contributed by atoms with Crippen LogP contribution in [0.3, 0.4) is 0 Å².